The summed E-state index contributed by atoms with van der Waals surface area (Å²) in [6.45, 7) is 2.02. The molecule has 4 nitrogen and oxygen atoms in total. The quantitative estimate of drug-likeness (QED) is 0.543. The zero-order valence-electron chi connectivity index (χ0n) is 13.6. The second-order valence-corrected chi connectivity index (χ2v) is 5.80. The van der Waals surface area contributed by atoms with E-state index in [2.05, 4.69) is 16.0 Å². The molecule has 0 aliphatic carbocycles. The SMILES string of the molecule is Cc1ccc(-c2ncc3ccccc3n2)nc1-c1ccc(C#N)cc1. The number of aromatic nitrogens is 3. The molecule has 0 saturated carbocycles. The summed E-state index contributed by atoms with van der Waals surface area (Å²) >= 11 is 0. The van der Waals surface area contributed by atoms with E-state index < -0.39 is 0 Å². The van der Waals surface area contributed by atoms with Crippen molar-refractivity contribution in [2.45, 2.75) is 6.92 Å². The normalized spacial score (nSPS) is 10.6. The van der Waals surface area contributed by atoms with E-state index in [4.69, 9.17) is 10.2 Å². The Morgan fingerprint density at radius 1 is 0.880 bits per heavy atom. The molecule has 0 saturated heterocycles. The van der Waals surface area contributed by atoms with E-state index >= 15 is 0 Å². The van der Waals surface area contributed by atoms with Gasteiger partial charge >= 0.3 is 0 Å². The summed E-state index contributed by atoms with van der Waals surface area (Å²) in [4.78, 5) is 13.8. The van der Waals surface area contributed by atoms with Gasteiger partial charge in [-0.15, -0.1) is 0 Å². The second-order valence-electron chi connectivity index (χ2n) is 5.80. The summed E-state index contributed by atoms with van der Waals surface area (Å²) in [5, 5.41) is 9.96. The average molecular weight is 322 g/mol. The van der Waals surface area contributed by atoms with Crippen molar-refractivity contribution in [1.29, 1.82) is 5.26 Å². The largest absolute Gasteiger partial charge is 0.244 e. The van der Waals surface area contributed by atoms with Crippen LogP contribution >= 0.6 is 0 Å². The third-order valence-corrected chi connectivity index (χ3v) is 4.10. The molecule has 0 spiro atoms. The fraction of sp³-hybridized carbons (Fsp3) is 0.0476. The van der Waals surface area contributed by atoms with Crippen molar-refractivity contribution in [3.05, 3.63) is 78.0 Å². The van der Waals surface area contributed by atoms with Gasteiger partial charge < -0.3 is 0 Å². The monoisotopic (exact) mass is 322 g/mol. The maximum atomic E-state index is 8.95. The van der Waals surface area contributed by atoms with Gasteiger partial charge in [0, 0.05) is 17.1 Å². The maximum Gasteiger partial charge on any atom is 0.178 e. The number of rotatable bonds is 2. The van der Waals surface area contributed by atoms with Gasteiger partial charge in [0.25, 0.3) is 0 Å². The Kier molecular flexibility index (Phi) is 3.68. The molecule has 118 valence electrons. The van der Waals surface area contributed by atoms with Crippen LogP contribution in [-0.4, -0.2) is 15.0 Å². The molecule has 0 atom stereocenters. The number of nitriles is 1. The number of nitrogens with zero attached hydrogens (tertiary/aromatic N) is 4. The first-order valence-corrected chi connectivity index (χ1v) is 7.95. The minimum absolute atomic E-state index is 0.605. The van der Waals surface area contributed by atoms with Crippen molar-refractivity contribution in [2.75, 3.05) is 0 Å². The van der Waals surface area contributed by atoms with Crippen LogP contribution in [-0.2, 0) is 0 Å². The summed E-state index contributed by atoms with van der Waals surface area (Å²) in [7, 11) is 0. The van der Waals surface area contributed by atoms with Crippen LogP contribution in [0.3, 0.4) is 0 Å². The molecule has 0 N–H and O–H groups in total. The highest BCUT2D eigenvalue weighted by atomic mass is 14.9. The van der Waals surface area contributed by atoms with Crippen molar-refractivity contribution in [2.24, 2.45) is 0 Å². The maximum absolute atomic E-state index is 8.95. The molecule has 2 aromatic heterocycles. The summed E-state index contributed by atoms with van der Waals surface area (Å²) < 4.78 is 0. The molecule has 2 aromatic carbocycles. The Morgan fingerprint density at radius 2 is 1.68 bits per heavy atom. The first kappa shape index (κ1) is 15.0. The predicted molar refractivity (Wildman–Crippen MR) is 97.7 cm³/mol. The number of pyridine rings is 1. The van der Waals surface area contributed by atoms with Crippen LogP contribution in [0.15, 0.2) is 66.9 Å². The molecular weight excluding hydrogens is 308 g/mol. The molecule has 0 amide bonds. The van der Waals surface area contributed by atoms with Crippen LogP contribution < -0.4 is 0 Å². The number of para-hydroxylation sites is 1. The predicted octanol–water partition coefficient (Wildman–Crippen LogP) is 4.54. The summed E-state index contributed by atoms with van der Waals surface area (Å²) in [5.41, 5.74) is 5.17. The van der Waals surface area contributed by atoms with Crippen LogP contribution in [0.4, 0.5) is 0 Å². The van der Waals surface area contributed by atoms with Crippen LogP contribution in [0, 0.1) is 18.3 Å². The van der Waals surface area contributed by atoms with Gasteiger partial charge in [-0.25, -0.2) is 15.0 Å². The van der Waals surface area contributed by atoms with E-state index in [1.165, 1.54) is 0 Å². The fourth-order valence-electron chi connectivity index (χ4n) is 2.74. The van der Waals surface area contributed by atoms with Crippen LogP contribution in [0.25, 0.3) is 33.7 Å². The molecule has 4 rings (SSSR count). The lowest BCUT2D eigenvalue weighted by Gasteiger charge is -2.08. The van der Waals surface area contributed by atoms with Crippen LogP contribution in [0.1, 0.15) is 11.1 Å². The molecule has 0 aliphatic rings. The molecular formula is C21H14N4. The van der Waals surface area contributed by atoms with Crippen LogP contribution in [0.2, 0.25) is 0 Å². The van der Waals surface area contributed by atoms with E-state index in [-0.39, 0.29) is 0 Å². The highest BCUT2D eigenvalue weighted by Gasteiger charge is 2.09. The third-order valence-electron chi connectivity index (χ3n) is 4.10. The first-order chi connectivity index (χ1) is 12.2. The Bertz CT molecular complexity index is 1110. The number of fused-ring (bicyclic) bond motifs is 1. The zero-order chi connectivity index (χ0) is 17.2. The topological polar surface area (TPSA) is 62.5 Å². The molecule has 25 heavy (non-hydrogen) atoms. The Labute approximate surface area is 145 Å². The third kappa shape index (κ3) is 2.84. The Hall–Kier alpha value is -3.58. The highest BCUT2D eigenvalue weighted by molar-refractivity contribution is 5.79. The van der Waals surface area contributed by atoms with Gasteiger partial charge in [0.1, 0.15) is 5.69 Å². The van der Waals surface area contributed by atoms with Crippen molar-refractivity contribution >= 4 is 10.9 Å². The summed E-state index contributed by atoms with van der Waals surface area (Å²) in [6.07, 6.45) is 1.82. The lowest BCUT2D eigenvalue weighted by atomic mass is 10.0. The van der Waals surface area contributed by atoms with Crippen LogP contribution in [0.5, 0.6) is 0 Å². The van der Waals surface area contributed by atoms with Gasteiger partial charge in [0.2, 0.25) is 0 Å². The van der Waals surface area contributed by atoms with Gasteiger partial charge in [0.15, 0.2) is 5.82 Å². The van der Waals surface area contributed by atoms with Crippen molar-refractivity contribution < 1.29 is 0 Å². The minimum atomic E-state index is 0.605. The van der Waals surface area contributed by atoms with Gasteiger partial charge in [0.05, 0.1) is 22.8 Å². The van der Waals surface area contributed by atoms with Crippen molar-refractivity contribution in [3.63, 3.8) is 0 Å². The molecule has 4 aromatic rings. The highest BCUT2D eigenvalue weighted by Crippen LogP contribution is 2.25. The minimum Gasteiger partial charge on any atom is -0.244 e. The molecule has 0 unspecified atom stereocenters. The molecule has 0 fully saturated rings. The van der Waals surface area contributed by atoms with E-state index in [1.54, 1.807) is 12.1 Å². The number of aryl methyl sites for hydroxylation is 1. The van der Waals surface area contributed by atoms with Crippen molar-refractivity contribution in [3.8, 4) is 28.8 Å². The second kappa shape index (κ2) is 6.14. The smallest absolute Gasteiger partial charge is 0.178 e. The first-order valence-electron chi connectivity index (χ1n) is 7.95. The average Bonchev–Trinajstić information content (AvgIpc) is 2.68. The van der Waals surface area contributed by atoms with Gasteiger partial charge in [-0.1, -0.05) is 36.4 Å². The molecule has 0 radical (unpaired) electrons. The Balaban J connectivity index is 1.81. The number of hydrogen-bond acceptors (Lipinski definition) is 4. The number of benzene rings is 2. The van der Waals surface area contributed by atoms with E-state index in [1.807, 2.05) is 61.7 Å². The molecule has 2 heterocycles. The molecule has 0 bridgehead atoms. The van der Waals surface area contributed by atoms with E-state index in [0.717, 1.165) is 33.4 Å². The standard InChI is InChI=1S/C21H14N4/c1-14-6-11-19(21-23-13-17-4-2-3-5-18(17)25-21)24-20(14)16-9-7-15(12-22)8-10-16/h2-11,13H,1H3. The van der Waals surface area contributed by atoms with Gasteiger partial charge in [-0.2, -0.15) is 5.26 Å². The summed E-state index contributed by atoms with van der Waals surface area (Å²) in [5.74, 6) is 0.605. The fourth-order valence-corrected chi connectivity index (χ4v) is 2.74. The molecule has 4 heteroatoms. The zero-order valence-corrected chi connectivity index (χ0v) is 13.6. The lowest BCUT2D eigenvalue weighted by molar-refractivity contribution is 1.17. The summed E-state index contributed by atoms with van der Waals surface area (Å²) in [6, 6.07) is 21.4. The lowest BCUT2D eigenvalue weighted by Crippen LogP contribution is -1.96. The Morgan fingerprint density at radius 3 is 2.48 bits per heavy atom. The van der Waals surface area contributed by atoms with Gasteiger partial charge in [-0.3, -0.25) is 0 Å². The van der Waals surface area contributed by atoms with E-state index in [0.29, 0.717) is 11.4 Å². The van der Waals surface area contributed by atoms with Gasteiger partial charge in [-0.05, 0) is 36.8 Å². The molecule has 0 aliphatic heterocycles. The van der Waals surface area contributed by atoms with E-state index in [9.17, 15) is 0 Å². The number of hydrogen-bond donors (Lipinski definition) is 0. The van der Waals surface area contributed by atoms with Crippen molar-refractivity contribution in [1.82, 2.24) is 15.0 Å².